The van der Waals surface area contributed by atoms with E-state index in [1.807, 2.05) is 0 Å². The maximum atomic E-state index is 12.3. The van der Waals surface area contributed by atoms with Gasteiger partial charge in [-0.1, -0.05) is 17.7 Å². The minimum absolute atomic E-state index is 0.360. The summed E-state index contributed by atoms with van der Waals surface area (Å²) in [7, 11) is 0. The fraction of sp³-hybridized carbons (Fsp3) is 0.400. The summed E-state index contributed by atoms with van der Waals surface area (Å²) in [5.41, 5.74) is 0.362. The van der Waals surface area contributed by atoms with E-state index in [-0.39, 0.29) is 11.3 Å². The van der Waals surface area contributed by atoms with Gasteiger partial charge in [0.2, 0.25) is 5.91 Å². The Bertz CT molecular complexity index is 708. The largest absolute Gasteiger partial charge is 0.480 e. The van der Waals surface area contributed by atoms with E-state index in [1.165, 1.54) is 22.7 Å². The molecule has 0 radical (unpaired) electrons. The maximum Gasteiger partial charge on any atom is 0.327 e. The number of aliphatic carboxylic acids is 1. The predicted octanol–water partition coefficient (Wildman–Crippen LogP) is 1.59. The van der Waals surface area contributed by atoms with E-state index < -0.39 is 28.7 Å². The summed E-state index contributed by atoms with van der Waals surface area (Å²) in [4.78, 5) is 37.3. The molecule has 122 valence electrons. The number of halogens is 1. The summed E-state index contributed by atoms with van der Waals surface area (Å²) < 4.78 is -0.609. The Kier molecular flexibility index (Phi) is 3.80. The summed E-state index contributed by atoms with van der Waals surface area (Å²) in [6, 6.07) is 4.83. The lowest BCUT2D eigenvalue weighted by Gasteiger charge is -2.43. The van der Waals surface area contributed by atoms with Crippen LogP contribution in [-0.2, 0) is 9.59 Å². The van der Waals surface area contributed by atoms with Gasteiger partial charge in [-0.3, -0.25) is 9.59 Å². The molecule has 1 unspecified atom stereocenters. The van der Waals surface area contributed by atoms with Crippen molar-refractivity contribution in [2.75, 3.05) is 0 Å². The van der Waals surface area contributed by atoms with Gasteiger partial charge in [0.15, 0.2) is 0 Å². The zero-order valence-corrected chi connectivity index (χ0v) is 14.0. The number of carboxylic acids is 1. The number of nitrogens with zero attached hydrogens (tertiary/aromatic N) is 1. The smallest absolute Gasteiger partial charge is 0.327 e. The molecule has 1 aromatic rings. The molecular formula is C15H15ClN2O4S. The van der Waals surface area contributed by atoms with Crippen LogP contribution < -0.4 is 5.32 Å². The van der Waals surface area contributed by atoms with Crippen molar-refractivity contribution in [1.82, 2.24) is 10.2 Å². The molecule has 0 spiro atoms. The predicted molar refractivity (Wildman–Crippen MR) is 86.4 cm³/mol. The van der Waals surface area contributed by atoms with Crippen LogP contribution in [0.5, 0.6) is 0 Å². The van der Waals surface area contributed by atoms with E-state index in [0.717, 1.165) is 0 Å². The van der Waals surface area contributed by atoms with E-state index >= 15 is 0 Å². The van der Waals surface area contributed by atoms with Gasteiger partial charge in [0.05, 0.1) is 0 Å². The lowest BCUT2D eigenvalue weighted by molar-refractivity contribution is -0.159. The first-order valence-electron chi connectivity index (χ1n) is 7.01. The molecule has 2 saturated heterocycles. The highest BCUT2D eigenvalue weighted by Crippen LogP contribution is 2.50. The average molecular weight is 355 g/mol. The number of carbonyl (C=O) groups excluding carboxylic acids is 2. The second-order valence-electron chi connectivity index (χ2n) is 6.06. The van der Waals surface area contributed by atoms with Crippen molar-refractivity contribution in [2.45, 2.75) is 36.1 Å². The van der Waals surface area contributed by atoms with Crippen molar-refractivity contribution < 1.29 is 19.5 Å². The zero-order valence-electron chi connectivity index (χ0n) is 12.4. The van der Waals surface area contributed by atoms with Crippen LogP contribution in [0.2, 0.25) is 5.02 Å². The first kappa shape index (κ1) is 16.1. The van der Waals surface area contributed by atoms with E-state index in [1.54, 1.807) is 32.0 Å². The van der Waals surface area contributed by atoms with Crippen LogP contribution in [0.25, 0.3) is 0 Å². The first-order chi connectivity index (χ1) is 10.7. The SMILES string of the molecule is CC1(C)S[C@@H]2C(NC(=O)c3cccc(Cl)c3)C(=O)N2[C@H]1C(=O)O. The topological polar surface area (TPSA) is 86.7 Å². The Balaban J connectivity index is 1.76. The summed E-state index contributed by atoms with van der Waals surface area (Å²) in [5, 5.41) is 12.1. The van der Waals surface area contributed by atoms with Crippen molar-refractivity contribution in [3.05, 3.63) is 34.9 Å². The van der Waals surface area contributed by atoms with Crippen LogP contribution in [0.1, 0.15) is 24.2 Å². The third-order valence-corrected chi connectivity index (χ3v) is 5.85. The van der Waals surface area contributed by atoms with Gasteiger partial charge in [-0.05, 0) is 32.0 Å². The molecule has 1 aromatic carbocycles. The fourth-order valence-corrected chi connectivity index (χ4v) is 4.82. The van der Waals surface area contributed by atoms with Gasteiger partial charge < -0.3 is 15.3 Å². The van der Waals surface area contributed by atoms with Crippen molar-refractivity contribution in [3.8, 4) is 0 Å². The van der Waals surface area contributed by atoms with Gasteiger partial charge in [0.25, 0.3) is 5.91 Å². The number of thioether (sulfide) groups is 1. The second kappa shape index (κ2) is 5.42. The van der Waals surface area contributed by atoms with Crippen molar-refractivity contribution >= 4 is 41.1 Å². The van der Waals surface area contributed by atoms with Gasteiger partial charge in [0.1, 0.15) is 17.5 Å². The molecule has 2 fully saturated rings. The summed E-state index contributed by atoms with van der Waals surface area (Å²) in [5.74, 6) is -1.79. The maximum absolute atomic E-state index is 12.3. The van der Waals surface area contributed by atoms with Gasteiger partial charge in [-0.15, -0.1) is 11.8 Å². The van der Waals surface area contributed by atoms with E-state index in [2.05, 4.69) is 5.32 Å². The minimum Gasteiger partial charge on any atom is -0.480 e. The standard InChI is InChI=1S/C15H15ClN2O4S/c1-15(2)10(14(21)22)18-12(20)9(13(18)23-15)17-11(19)7-4-3-5-8(16)6-7/h3-6,9-10,13H,1-2H3,(H,17,19)(H,21,22)/t9?,10-,13+/m0/s1. The Morgan fingerprint density at radius 2 is 2.09 bits per heavy atom. The molecule has 8 heteroatoms. The van der Waals surface area contributed by atoms with Crippen molar-refractivity contribution in [2.24, 2.45) is 0 Å². The van der Waals surface area contributed by atoms with Gasteiger partial charge in [-0.2, -0.15) is 0 Å². The van der Waals surface area contributed by atoms with E-state index in [9.17, 15) is 19.5 Å². The number of carbonyl (C=O) groups is 3. The number of amides is 2. The zero-order chi connectivity index (χ0) is 16.9. The molecule has 0 aromatic heterocycles. The Hall–Kier alpha value is -1.73. The molecule has 0 bridgehead atoms. The fourth-order valence-electron chi connectivity index (χ4n) is 3.00. The molecular weight excluding hydrogens is 340 g/mol. The molecule has 2 amide bonds. The minimum atomic E-state index is -1.03. The van der Waals surface area contributed by atoms with Gasteiger partial charge >= 0.3 is 5.97 Å². The monoisotopic (exact) mass is 354 g/mol. The second-order valence-corrected chi connectivity index (χ2v) is 8.27. The van der Waals surface area contributed by atoms with Crippen LogP contribution in [0.15, 0.2) is 24.3 Å². The molecule has 23 heavy (non-hydrogen) atoms. The summed E-state index contributed by atoms with van der Waals surface area (Å²) >= 11 is 7.25. The van der Waals surface area contributed by atoms with Crippen LogP contribution in [0.3, 0.4) is 0 Å². The van der Waals surface area contributed by atoms with Crippen LogP contribution in [0, 0.1) is 0 Å². The lowest BCUT2D eigenvalue weighted by Crippen LogP contribution is -2.70. The summed E-state index contributed by atoms with van der Waals surface area (Å²) in [6.07, 6.45) is 0. The molecule has 2 aliphatic heterocycles. The van der Waals surface area contributed by atoms with Crippen molar-refractivity contribution in [1.29, 1.82) is 0 Å². The normalized spacial score (nSPS) is 28.0. The van der Waals surface area contributed by atoms with Gasteiger partial charge in [0, 0.05) is 15.3 Å². The van der Waals surface area contributed by atoms with Crippen LogP contribution >= 0.6 is 23.4 Å². The van der Waals surface area contributed by atoms with Crippen molar-refractivity contribution in [3.63, 3.8) is 0 Å². The summed E-state index contributed by atoms with van der Waals surface area (Å²) in [6.45, 7) is 3.58. The number of benzene rings is 1. The van der Waals surface area contributed by atoms with Crippen LogP contribution in [0.4, 0.5) is 0 Å². The molecule has 2 N–H and O–H groups in total. The van der Waals surface area contributed by atoms with E-state index in [0.29, 0.717) is 10.6 Å². The lowest BCUT2D eigenvalue weighted by atomic mass is 9.96. The molecule has 2 heterocycles. The van der Waals surface area contributed by atoms with Crippen LogP contribution in [-0.4, -0.2) is 50.0 Å². The number of carboxylic acid groups (broad SMARTS) is 1. The highest BCUT2D eigenvalue weighted by molar-refractivity contribution is 8.01. The first-order valence-corrected chi connectivity index (χ1v) is 8.27. The Morgan fingerprint density at radius 1 is 1.39 bits per heavy atom. The number of fused-ring (bicyclic) bond motifs is 1. The molecule has 6 nitrogen and oxygen atoms in total. The van der Waals surface area contributed by atoms with Gasteiger partial charge in [-0.25, -0.2) is 4.79 Å². The number of hydrogen-bond acceptors (Lipinski definition) is 4. The van der Waals surface area contributed by atoms with E-state index in [4.69, 9.17) is 11.6 Å². The third kappa shape index (κ3) is 2.57. The number of β-lactam (4-membered cyclic amide) rings is 1. The number of rotatable bonds is 3. The Labute approximate surface area is 142 Å². The average Bonchev–Trinajstić information content (AvgIpc) is 2.73. The third-order valence-electron chi connectivity index (χ3n) is 4.05. The molecule has 3 atom stereocenters. The highest BCUT2D eigenvalue weighted by atomic mass is 35.5. The highest BCUT2D eigenvalue weighted by Gasteiger charge is 2.64. The number of nitrogens with one attached hydrogen (secondary N) is 1. The number of hydrogen-bond donors (Lipinski definition) is 2. The molecule has 3 rings (SSSR count). The molecule has 2 aliphatic rings. The quantitative estimate of drug-likeness (QED) is 0.805. The Morgan fingerprint density at radius 3 is 2.70 bits per heavy atom. The molecule has 0 aliphatic carbocycles. The molecule has 0 saturated carbocycles.